The Morgan fingerprint density at radius 2 is 2.20 bits per heavy atom. The maximum absolute atomic E-state index is 12.2. The zero-order chi connectivity index (χ0) is 17.7. The van der Waals surface area contributed by atoms with Gasteiger partial charge in [0.2, 0.25) is 5.91 Å². The normalized spacial score (nSPS) is 29.0. The quantitative estimate of drug-likeness (QED) is 0.771. The summed E-state index contributed by atoms with van der Waals surface area (Å²) >= 11 is 0. The van der Waals surface area contributed by atoms with E-state index in [0.29, 0.717) is 29.8 Å². The molecule has 130 valence electrons. The summed E-state index contributed by atoms with van der Waals surface area (Å²) in [5, 5.41) is 23.4. The number of hydrogen-bond donors (Lipinski definition) is 2. The number of aromatic nitrogens is 1. The number of carbonyl (C=O) groups excluding carboxylic acids is 1. The Morgan fingerprint density at radius 3 is 2.84 bits per heavy atom. The minimum Gasteiger partial charge on any atom is -0.477 e. The number of nitrogens with zero attached hydrogens (tertiary/aromatic N) is 3. The standard InChI is InChI=1S/C17H17N3O5/c1-8(21)14-12-6-9(15(17(23)24)20(12)16(14)22)13-7-11(19-25-13)10-4-2-3-5-18-10/h2-5,8,12-14,21H,6-7H2,1H3,(H,23,24)/t8-,12-,13+,14-/m1/s1. The monoisotopic (exact) mass is 343 g/mol. The van der Waals surface area contributed by atoms with Crippen molar-refractivity contribution in [1.29, 1.82) is 0 Å². The van der Waals surface area contributed by atoms with Crippen LogP contribution in [-0.4, -0.2) is 55.9 Å². The topological polar surface area (TPSA) is 112 Å². The Hall–Kier alpha value is -2.74. The molecular formula is C17H17N3O5. The van der Waals surface area contributed by atoms with E-state index in [0.717, 1.165) is 0 Å². The first-order valence-electron chi connectivity index (χ1n) is 8.10. The number of oxime groups is 1. The fraction of sp³-hybridized carbons (Fsp3) is 0.412. The molecule has 8 heteroatoms. The SMILES string of the molecule is C[C@@H](O)[C@H]1C(=O)N2C(C(=O)O)=C([C@@H]3CC(c4ccccn4)=NO3)C[C@H]12. The summed E-state index contributed by atoms with van der Waals surface area (Å²) < 4.78 is 0. The van der Waals surface area contributed by atoms with Crippen molar-refractivity contribution in [3.8, 4) is 0 Å². The van der Waals surface area contributed by atoms with Crippen LogP contribution in [0.3, 0.4) is 0 Å². The van der Waals surface area contributed by atoms with Crippen LogP contribution in [0.25, 0.3) is 0 Å². The lowest BCUT2D eigenvalue weighted by atomic mass is 9.82. The molecule has 25 heavy (non-hydrogen) atoms. The molecule has 3 aliphatic rings. The van der Waals surface area contributed by atoms with Gasteiger partial charge in [0.05, 0.1) is 23.8 Å². The summed E-state index contributed by atoms with van der Waals surface area (Å²) in [6.45, 7) is 1.55. The summed E-state index contributed by atoms with van der Waals surface area (Å²) in [4.78, 5) is 34.9. The Morgan fingerprint density at radius 1 is 1.40 bits per heavy atom. The van der Waals surface area contributed by atoms with Crippen LogP contribution in [-0.2, 0) is 14.4 Å². The molecule has 1 saturated heterocycles. The largest absolute Gasteiger partial charge is 0.477 e. The third-order valence-electron chi connectivity index (χ3n) is 4.98. The van der Waals surface area contributed by atoms with Crippen LogP contribution >= 0.6 is 0 Å². The van der Waals surface area contributed by atoms with E-state index in [-0.39, 0.29) is 17.6 Å². The predicted molar refractivity (Wildman–Crippen MR) is 85.3 cm³/mol. The van der Waals surface area contributed by atoms with Gasteiger partial charge in [-0.05, 0) is 25.5 Å². The van der Waals surface area contributed by atoms with E-state index in [1.807, 2.05) is 12.1 Å². The van der Waals surface area contributed by atoms with Crippen LogP contribution in [0.15, 0.2) is 40.8 Å². The summed E-state index contributed by atoms with van der Waals surface area (Å²) in [6, 6.07) is 5.13. The van der Waals surface area contributed by atoms with Gasteiger partial charge >= 0.3 is 5.97 Å². The van der Waals surface area contributed by atoms with Crippen molar-refractivity contribution in [2.45, 2.75) is 38.0 Å². The first-order valence-corrected chi connectivity index (χ1v) is 8.10. The predicted octanol–water partition coefficient (Wildman–Crippen LogP) is 0.525. The van der Waals surface area contributed by atoms with Crippen LogP contribution in [0.1, 0.15) is 25.5 Å². The number of aliphatic hydroxyl groups excluding tert-OH is 1. The lowest BCUT2D eigenvalue weighted by Crippen LogP contribution is -2.61. The van der Waals surface area contributed by atoms with Crippen molar-refractivity contribution in [3.05, 3.63) is 41.4 Å². The first-order chi connectivity index (χ1) is 12.0. The molecule has 1 aromatic heterocycles. The van der Waals surface area contributed by atoms with Crippen molar-refractivity contribution in [3.63, 3.8) is 0 Å². The van der Waals surface area contributed by atoms with Gasteiger partial charge in [0.1, 0.15) is 11.4 Å². The molecule has 0 bridgehead atoms. The highest BCUT2D eigenvalue weighted by Crippen LogP contribution is 2.46. The number of amides is 1. The van der Waals surface area contributed by atoms with Gasteiger partial charge in [-0.2, -0.15) is 0 Å². The molecule has 4 rings (SSSR count). The van der Waals surface area contributed by atoms with Gasteiger partial charge in [0, 0.05) is 18.2 Å². The first kappa shape index (κ1) is 15.8. The summed E-state index contributed by atoms with van der Waals surface area (Å²) in [6.07, 6.45) is 1.08. The highest BCUT2D eigenvalue weighted by atomic mass is 16.6. The molecule has 1 fully saturated rings. The minimum absolute atomic E-state index is 0.0330. The van der Waals surface area contributed by atoms with E-state index in [2.05, 4.69) is 10.1 Å². The van der Waals surface area contributed by atoms with Gasteiger partial charge in [0.15, 0.2) is 6.10 Å². The number of carboxylic acid groups (broad SMARTS) is 1. The molecule has 0 saturated carbocycles. The number of β-lactam (4-membered cyclic amide) rings is 1. The minimum atomic E-state index is -1.16. The molecule has 1 aromatic rings. The van der Waals surface area contributed by atoms with Crippen molar-refractivity contribution in [2.75, 3.05) is 0 Å². The molecule has 1 amide bonds. The second-order valence-corrected chi connectivity index (χ2v) is 6.48. The van der Waals surface area contributed by atoms with E-state index in [4.69, 9.17) is 4.84 Å². The van der Waals surface area contributed by atoms with Crippen LogP contribution < -0.4 is 0 Å². The lowest BCUT2D eigenvalue weighted by Gasteiger charge is -2.44. The number of hydrogen-bond acceptors (Lipinski definition) is 6. The average Bonchev–Trinajstić information content (AvgIpc) is 3.17. The van der Waals surface area contributed by atoms with E-state index in [1.165, 1.54) is 4.90 Å². The fourth-order valence-corrected chi connectivity index (χ4v) is 3.84. The second kappa shape index (κ2) is 5.66. The third kappa shape index (κ3) is 2.32. The van der Waals surface area contributed by atoms with Gasteiger partial charge in [-0.1, -0.05) is 11.2 Å². The number of rotatable bonds is 4. The zero-order valence-electron chi connectivity index (χ0n) is 13.5. The third-order valence-corrected chi connectivity index (χ3v) is 4.98. The maximum Gasteiger partial charge on any atom is 0.352 e. The summed E-state index contributed by atoms with van der Waals surface area (Å²) in [7, 11) is 0. The number of aliphatic hydroxyl groups is 1. The molecular weight excluding hydrogens is 326 g/mol. The molecule has 0 unspecified atom stereocenters. The Kier molecular flexibility index (Phi) is 3.57. The Balaban J connectivity index is 1.59. The number of carbonyl (C=O) groups is 2. The van der Waals surface area contributed by atoms with Crippen LogP contribution in [0.5, 0.6) is 0 Å². The number of aliphatic carboxylic acids is 1. The summed E-state index contributed by atoms with van der Waals surface area (Å²) in [5.41, 5.74) is 1.84. The highest BCUT2D eigenvalue weighted by molar-refractivity contribution is 6.02. The van der Waals surface area contributed by atoms with Gasteiger partial charge in [0.25, 0.3) is 0 Å². The number of pyridine rings is 1. The molecule has 3 aliphatic heterocycles. The van der Waals surface area contributed by atoms with E-state index in [9.17, 15) is 19.8 Å². The number of carboxylic acids is 1. The molecule has 4 heterocycles. The van der Waals surface area contributed by atoms with Gasteiger partial charge in [-0.15, -0.1) is 0 Å². The van der Waals surface area contributed by atoms with Crippen molar-refractivity contribution < 1.29 is 24.6 Å². The fourth-order valence-electron chi connectivity index (χ4n) is 3.84. The van der Waals surface area contributed by atoms with Gasteiger partial charge in [-0.3, -0.25) is 9.78 Å². The van der Waals surface area contributed by atoms with Crippen LogP contribution in [0.4, 0.5) is 0 Å². The molecule has 0 aliphatic carbocycles. The number of fused-ring (bicyclic) bond motifs is 1. The Labute approximate surface area is 143 Å². The molecule has 4 atom stereocenters. The van der Waals surface area contributed by atoms with E-state index in [1.54, 1.807) is 19.2 Å². The Bertz CT molecular complexity index is 802. The smallest absolute Gasteiger partial charge is 0.352 e. The molecule has 0 spiro atoms. The molecule has 8 nitrogen and oxygen atoms in total. The van der Waals surface area contributed by atoms with Crippen LogP contribution in [0.2, 0.25) is 0 Å². The van der Waals surface area contributed by atoms with Crippen LogP contribution in [0, 0.1) is 5.92 Å². The zero-order valence-corrected chi connectivity index (χ0v) is 13.5. The lowest BCUT2D eigenvalue weighted by molar-refractivity contribution is -0.161. The second-order valence-electron chi connectivity index (χ2n) is 6.48. The van der Waals surface area contributed by atoms with E-state index >= 15 is 0 Å². The van der Waals surface area contributed by atoms with E-state index < -0.39 is 24.1 Å². The van der Waals surface area contributed by atoms with Crippen molar-refractivity contribution in [1.82, 2.24) is 9.88 Å². The van der Waals surface area contributed by atoms with Gasteiger partial charge < -0.3 is 20.0 Å². The summed E-state index contributed by atoms with van der Waals surface area (Å²) in [5.74, 6) is -2.08. The average molecular weight is 343 g/mol. The molecule has 2 N–H and O–H groups in total. The highest BCUT2D eigenvalue weighted by Gasteiger charge is 2.58. The van der Waals surface area contributed by atoms with Gasteiger partial charge in [-0.25, -0.2) is 4.79 Å². The molecule has 0 radical (unpaired) electrons. The maximum atomic E-state index is 12.2. The van der Waals surface area contributed by atoms with Crippen molar-refractivity contribution in [2.24, 2.45) is 11.1 Å². The molecule has 0 aromatic carbocycles. The van der Waals surface area contributed by atoms with Crippen molar-refractivity contribution >= 4 is 17.6 Å².